The summed E-state index contributed by atoms with van der Waals surface area (Å²) in [5.41, 5.74) is 2.75. The molecule has 0 aromatic heterocycles. The Morgan fingerprint density at radius 2 is 1.82 bits per heavy atom. The Hall–Kier alpha value is -2.49. The Labute approximate surface area is 129 Å². The predicted molar refractivity (Wildman–Crippen MR) is 86.3 cm³/mol. The number of para-hydroxylation sites is 1. The molecule has 1 heterocycles. The molecule has 1 aliphatic heterocycles. The number of rotatable bonds is 4. The molecule has 0 radical (unpaired) electrons. The van der Waals surface area contributed by atoms with Crippen molar-refractivity contribution in [1.29, 1.82) is 0 Å². The normalized spacial score (nSPS) is 15.5. The van der Waals surface area contributed by atoms with Gasteiger partial charge in [-0.1, -0.05) is 31.5 Å². The molecule has 2 aromatic carbocycles. The third-order valence-electron chi connectivity index (χ3n) is 3.70. The van der Waals surface area contributed by atoms with E-state index < -0.39 is 0 Å². The SMILES string of the molecule is CCCCN1C(=O)C(=Nc2ccc(F)cc2)c2ccccc21. The van der Waals surface area contributed by atoms with Crippen molar-refractivity contribution in [2.45, 2.75) is 19.8 Å². The van der Waals surface area contributed by atoms with Gasteiger partial charge in [-0.15, -0.1) is 0 Å². The molecule has 4 heteroatoms. The molecule has 0 saturated heterocycles. The van der Waals surface area contributed by atoms with Gasteiger partial charge in [0.15, 0.2) is 0 Å². The molecule has 0 atom stereocenters. The van der Waals surface area contributed by atoms with Crippen LogP contribution in [0.1, 0.15) is 25.3 Å². The van der Waals surface area contributed by atoms with Gasteiger partial charge < -0.3 is 4.90 Å². The monoisotopic (exact) mass is 296 g/mol. The van der Waals surface area contributed by atoms with Gasteiger partial charge in [0.25, 0.3) is 5.91 Å². The zero-order valence-corrected chi connectivity index (χ0v) is 12.4. The van der Waals surface area contributed by atoms with Crippen LogP contribution >= 0.6 is 0 Å². The van der Waals surface area contributed by atoms with E-state index in [2.05, 4.69) is 11.9 Å². The van der Waals surface area contributed by atoms with Crippen LogP contribution in [0.25, 0.3) is 0 Å². The minimum atomic E-state index is -0.313. The highest BCUT2D eigenvalue weighted by atomic mass is 19.1. The van der Waals surface area contributed by atoms with E-state index in [4.69, 9.17) is 0 Å². The van der Waals surface area contributed by atoms with E-state index in [1.54, 1.807) is 17.0 Å². The van der Waals surface area contributed by atoms with Gasteiger partial charge in [-0.2, -0.15) is 0 Å². The molecule has 0 bridgehead atoms. The van der Waals surface area contributed by atoms with Gasteiger partial charge in [-0.25, -0.2) is 9.38 Å². The molecular weight excluding hydrogens is 279 g/mol. The highest BCUT2D eigenvalue weighted by molar-refractivity contribution is 6.54. The van der Waals surface area contributed by atoms with E-state index in [0.29, 0.717) is 17.9 Å². The lowest BCUT2D eigenvalue weighted by Crippen LogP contribution is -2.30. The largest absolute Gasteiger partial charge is 0.306 e. The average molecular weight is 296 g/mol. The molecule has 112 valence electrons. The number of unbranched alkanes of at least 4 members (excludes halogenated alkanes) is 1. The van der Waals surface area contributed by atoms with E-state index >= 15 is 0 Å². The number of aliphatic imine (C=N–C) groups is 1. The quantitative estimate of drug-likeness (QED) is 0.836. The molecule has 0 aliphatic carbocycles. The molecule has 0 spiro atoms. The topological polar surface area (TPSA) is 32.7 Å². The molecule has 3 rings (SSSR count). The molecule has 2 aromatic rings. The van der Waals surface area contributed by atoms with Gasteiger partial charge in [0.05, 0.1) is 11.4 Å². The maximum Gasteiger partial charge on any atom is 0.277 e. The lowest BCUT2D eigenvalue weighted by molar-refractivity contribution is -0.112. The lowest BCUT2D eigenvalue weighted by Gasteiger charge is -2.15. The first-order valence-corrected chi connectivity index (χ1v) is 7.46. The molecule has 0 saturated carbocycles. The predicted octanol–water partition coefficient (Wildman–Crippen LogP) is 4.09. The van der Waals surface area contributed by atoms with E-state index in [-0.39, 0.29) is 11.7 Å². The number of hydrogen-bond donors (Lipinski definition) is 0. The highest BCUT2D eigenvalue weighted by Crippen LogP contribution is 2.30. The second-order valence-corrected chi connectivity index (χ2v) is 5.26. The van der Waals surface area contributed by atoms with Crippen LogP contribution < -0.4 is 4.90 Å². The van der Waals surface area contributed by atoms with Gasteiger partial charge >= 0.3 is 0 Å². The minimum absolute atomic E-state index is 0.0843. The summed E-state index contributed by atoms with van der Waals surface area (Å²) in [6.07, 6.45) is 1.97. The standard InChI is InChI=1S/C18H17FN2O/c1-2-3-12-21-16-7-5-4-6-15(16)17(18(21)22)20-14-10-8-13(19)9-11-14/h4-11H,2-3,12H2,1H3. The Morgan fingerprint density at radius 3 is 2.55 bits per heavy atom. The summed E-state index contributed by atoms with van der Waals surface area (Å²) in [6, 6.07) is 13.5. The van der Waals surface area contributed by atoms with Crippen molar-refractivity contribution < 1.29 is 9.18 Å². The first kappa shape index (κ1) is 14.4. The van der Waals surface area contributed by atoms with Crippen LogP contribution in [0.5, 0.6) is 0 Å². The second kappa shape index (κ2) is 6.10. The molecule has 1 amide bonds. The smallest absolute Gasteiger partial charge is 0.277 e. The van der Waals surface area contributed by atoms with Crippen LogP contribution in [0.2, 0.25) is 0 Å². The number of anilines is 1. The zero-order chi connectivity index (χ0) is 15.5. The van der Waals surface area contributed by atoms with Gasteiger partial charge in [-0.3, -0.25) is 4.79 Å². The number of carbonyl (C=O) groups excluding carboxylic acids is 1. The number of carbonyl (C=O) groups is 1. The zero-order valence-electron chi connectivity index (χ0n) is 12.4. The average Bonchev–Trinajstić information content (AvgIpc) is 2.80. The fraction of sp³-hybridized carbons (Fsp3) is 0.222. The Bertz CT molecular complexity index is 722. The fourth-order valence-corrected chi connectivity index (χ4v) is 2.55. The third kappa shape index (κ3) is 2.64. The minimum Gasteiger partial charge on any atom is -0.306 e. The lowest BCUT2D eigenvalue weighted by atomic mass is 10.1. The Balaban J connectivity index is 2.01. The molecule has 3 nitrogen and oxygen atoms in total. The van der Waals surface area contributed by atoms with Gasteiger partial charge in [-0.05, 0) is 36.8 Å². The van der Waals surface area contributed by atoms with Crippen LogP contribution in [0.15, 0.2) is 53.5 Å². The van der Waals surface area contributed by atoms with Crippen molar-refractivity contribution in [2.75, 3.05) is 11.4 Å². The number of amides is 1. The second-order valence-electron chi connectivity index (χ2n) is 5.26. The van der Waals surface area contributed by atoms with Crippen molar-refractivity contribution in [2.24, 2.45) is 4.99 Å². The number of halogens is 1. The molecule has 1 aliphatic rings. The van der Waals surface area contributed by atoms with Crippen LogP contribution in [0, 0.1) is 5.82 Å². The number of fused-ring (bicyclic) bond motifs is 1. The molecule has 22 heavy (non-hydrogen) atoms. The number of benzene rings is 2. The van der Waals surface area contributed by atoms with Crippen molar-refractivity contribution in [3.05, 3.63) is 59.9 Å². The summed E-state index contributed by atoms with van der Waals surface area (Å²) in [6.45, 7) is 2.79. The van der Waals surface area contributed by atoms with E-state index in [9.17, 15) is 9.18 Å². The van der Waals surface area contributed by atoms with Crippen molar-refractivity contribution >= 4 is 23.0 Å². The van der Waals surface area contributed by atoms with Gasteiger partial charge in [0.2, 0.25) is 0 Å². The first-order valence-electron chi connectivity index (χ1n) is 7.46. The maximum absolute atomic E-state index is 13.0. The fourth-order valence-electron chi connectivity index (χ4n) is 2.55. The Kier molecular flexibility index (Phi) is 4.00. The van der Waals surface area contributed by atoms with Gasteiger partial charge in [0.1, 0.15) is 11.5 Å². The van der Waals surface area contributed by atoms with Gasteiger partial charge in [0, 0.05) is 12.1 Å². The number of nitrogens with zero attached hydrogens (tertiary/aromatic N) is 2. The molecule has 0 N–H and O–H groups in total. The Morgan fingerprint density at radius 1 is 1.09 bits per heavy atom. The number of hydrogen-bond acceptors (Lipinski definition) is 2. The third-order valence-corrected chi connectivity index (χ3v) is 3.70. The highest BCUT2D eigenvalue weighted by Gasteiger charge is 2.33. The van der Waals surface area contributed by atoms with Crippen LogP contribution in [-0.4, -0.2) is 18.2 Å². The van der Waals surface area contributed by atoms with Crippen molar-refractivity contribution in [3.8, 4) is 0 Å². The van der Waals surface area contributed by atoms with Crippen LogP contribution in [-0.2, 0) is 4.79 Å². The molecular formula is C18H17FN2O. The van der Waals surface area contributed by atoms with Crippen LogP contribution in [0.3, 0.4) is 0 Å². The first-order chi connectivity index (χ1) is 10.7. The van der Waals surface area contributed by atoms with Crippen LogP contribution in [0.4, 0.5) is 15.8 Å². The summed E-state index contributed by atoms with van der Waals surface area (Å²) in [4.78, 5) is 18.9. The summed E-state index contributed by atoms with van der Waals surface area (Å²) >= 11 is 0. The molecule has 0 fully saturated rings. The van der Waals surface area contributed by atoms with Crippen molar-refractivity contribution in [3.63, 3.8) is 0 Å². The van der Waals surface area contributed by atoms with E-state index in [1.165, 1.54) is 12.1 Å². The summed E-state index contributed by atoms with van der Waals surface area (Å²) in [7, 11) is 0. The summed E-state index contributed by atoms with van der Waals surface area (Å²) < 4.78 is 13.0. The van der Waals surface area contributed by atoms with Crippen molar-refractivity contribution in [1.82, 2.24) is 0 Å². The summed E-state index contributed by atoms with van der Waals surface area (Å²) in [5, 5.41) is 0. The summed E-state index contributed by atoms with van der Waals surface area (Å²) in [5.74, 6) is -0.398. The van der Waals surface area contributed by atoms with E-state index in [0.717, 1.165) is 24.1 Å². The van der Waals surface area contributed by atoms with E-state index in [1.807, 2.05) is 24.3 Å². The maximum atomic E-state index is 13.0. The molecule has 0 unspecified atom stereocenters.